The number of amides is 1. The third-order valence-corrected chi connectivity index (χ3v) is 3.57. The number of nitrogens with two attached hydrogens (primary N) is 1. The first-order valence-electron chi connectivity index (χ1n) is 5.64. The summed E-state index contributed by atoms with van der Waals surface area (Å²) in [7, 11) is 0. The van der Waals surface area contributed by atoms with Crippen LogP contribution in [0.5, 0.6) is 0 Å². The fourth-order valence-corrected chi connectivity index (χ4v) is 2.47. The number of hydrogen-bond acceptors (Lipinski definition) is 4. The Balaban J connectivity index is 2.27. The highest BCUT2D eigenvalue weighted by molar-refractivity contribution is 7.08. The van der Waals surface area contributed by atoms with Crippen molar-refractivity contribution in [2.24, 2.45) is 10.9 Å². The monoisotopic (exact) mass is 293 g/mol. The van der Waals surface area contributed by atoms with Crippen molar-refractivity contribution < 1.29 is 14.4 Å². The molecule has 1 aromatic heterocycles. The zero-order valence-electron chi connectivity index (χ0n) is 10.6. The fourth-order valence-electron chi connectivity index (χ4n) is 1.64. The Morgan fingerprint density at radius 3 is 2.75 bits per heavy atom. The van der Waals surface area contributed by atoms with Gasteiger partial charge in [-0.1, -0.05) is 5.16 Å². The van der Waals surface area contributed by atoms with Crippen LogP contribution in [0.25, 0.3) is 0 Å². The molecule has 0 unspecified atom stereocenters. The maximum Gasteiger partial charge on any atom is 0.256 e. The first kappa shape index (κ1) is 14.0. The molecule has 0 aliphatic carbocycles. The number of benzene rings is 1. The highest BCUT2D eigenvalue weighted by Crippen LogP contribution is 2.18. The van der Waals surface area contributed by atoms with Gasteiger partial charge >= 0.3 is 0 Å². The zero-order chi connectivity index (χ0) is 14.7. The summed E-state index contributed by atoms with van der Waals surface area (Å²) in [5.74, 6) is -1.28. The van der Waals surface area contributed by atoms with E-state index < -0.39 is 5.82 Å². The van der Waals surface area contributed by atoms with Crippen LogP contribution in [0, 0.1) is 12.7 Å². The van der Waals surface area contributed by atoms with E-state index in [0.717, 1.165) is 11.6 Å². The maximum atomic E-state index is 13.5. The first-order valence-corrected chi connectivity index (χ1v) is 6.58. The summed E-state index contributed by atoms with van der Waals surface area (Å²) in [5, 5.41) is 17.6. The SMILES string of the molecule is Cc1cscc1C(=O)Nc1ccc(F)c(C(N)=NO)c1. The van der Waals surface area contributed by atoms with Gasteiger partial charge in [0.05, 0.1) is 11.1 Å². The highest BCUT2D eigenvalue weighted by atomic mass is 32.1. The topological polar surface area (TPSA) is 87.7 Å². The van der Waals surface area contributed by atoms with Crippen molar-refractivity contribution in [1.82, 2.24) is 0 Å². The van der Waals surface area contributed by atoms with Gasteiger partial charge in [-0.05, 0) is 36.1 Å². The van der Waals surface area contributed by atoms with Gasteiger partial charge in [-0.2, -0.15) is 11.3 Å². The van der Waals surface area contributed by atoms with Crippen LogP contribution < -0.4 is 11.1 Å². The van der Waals surface area contributed by atoms with Gasteiger partial charge in [0.25, 0.3) is 5.91 Å². The minimum atomic E-state index is -0.634. The first-order chi connectivity index (χ1) is 9.52. The molecule has 0 aliphatic rings. The van der Waals surface area contributed by atoms with E-state index in [9.17, 15) is 9.18 Å². The Hall–Kier alpha value is -2.41. The van der Waals surface area contributed by atoms with Crippen LogP contribution in [-0.4, -0.2) is 17.0 Å². The normalized spacial score (nSPS) is 11.4. The second kappa shape index (κ2) is 5.70. The number of halogens is 1. The summed E-state index contributed by atoms with van der Waals surface area (Å²) in [4.78, 5) is 12.0. The minimum absolute atomic E-state index is 0.0765. The zero-order valence-corrected chi connectivity index (χ0v) is 11.4. The molecule has 0 aliphatic heterocycles. The molecule has 5 nitrogen and oxygen atoms in total. The van der Waals surface area contributed by atoms with E-state index in [0.29, 0.717) is 11.3 Å². The molecular formula is C13H12FN3O2S. The molecule has 0 spiro atoms. The standard InChI is InChI=1S/C13H12FN3O2S/c1-7-5-20-6-10(7)13(18)16-8-2-3-11(14)9(4-8)12(15)17-19/h2-6,19H,1H3,(H2,15,17)(H,16,18). The van der Waals surface area contributed by atoms with E-state index in [1.54, 1.807) is 5.38 Å². The molecule has 4 N–H and O–H groups in total. The van der Waals surface area contributed by atoms with Crippen LogP contribution in [0.4, 0.5) is 10.1 Å². The van der Waals surface area contributed by atoms with Crippen molar-refractivity contribution in [2.75, 3.05) is 5.32 Å². The molecule has 20 heavy (non-hydrogen) atoms. The van der Waals surface area contributed by atoms with Gasteiger partial charge in [0.2, 0.25) is 0 Å². The predicted molar refractivity (Wildman–Crippen MR) is 75.9 cm³/mol. The Kier molecular flexibility index (Phi) is 3.99. The van der Waals surface area contributed by atoms with Crippen molar-refractivity contribution in [3.63, 3.8) is 0 Å². The number of carbonyl (C=O) groups is 1. The number of anilines is 1. The molecule has 0 saturated heterocycles. The molecule has 0 radical (unpaired) electrons. The van der Waals surface area contributed by atoms with Crippen LogP contribution in [0.15, 0.2) is 34.1 Å². The summed E-state index contributed by atoms with van der Waals surface area (Å²) in [5.41, 5.74) is 7.08. The van der Waals surface area contributed by atoms with Gasteiger partial charge < -0.3 is 16.3 Å². The molecule has 7 heteroatoms. The summed E-state index contributed by atoms with van der Waals surface area (Å²) >= 11 is 1.43. The van der Waals surface area contributed by atoms with Crippen molar-refractivity contribution in [3.8, 4) is 0 Å². The smallest absolute Gasteiger partial charge is 0.256 e. The minimum Gasteiger partial charge on any atom is -0.409 e. The van der Waals surface area contributed by atoms with Gasteiger partial charge in [0.15, 0.2) is 5.84 Å². The third kappa shape index (κ3) is 2.77. The fraction of sp³-hybridized carbons (Fsp3) is 0.0769. The van der Waals surface area contributed by atoms with E-state index in [-0.39, 0.29) is 17.3 Å². The van der Waals surface area contributed by atoms with Gasteiger partial charge in [-0.25, -0.2) is 4.39 Å². The molecular weight excluding hydrogens is 281 g/mol. The predicted octanol–water partition coefficient (Wildman–Crippen LogP) is 2.54. The van der Waals surface area contributed by atoms with Crippen LogP contribution in [-0.2, 0) is 0 Å². The Labute approximate surface area is 118 Å². The molecule has 0 fully saturated rings. The quantitative estimate of drug-likeness (QED) is 0.352. The number of carbonyl (C=O) groups excluding carboxylic acids is 1. The molecule has 0 atom stereocenters. The largest absolute Gasteiger partial charge is 0.409 e. The molecule has 2 rings (SSSR count). The lowest BCUT2D eigenvalue weighted by atomic mass is 10.1. The van der Waals surface area contributed by atoms with E-state index in [1.165, 1.54) is 23.5 Å². The Morgan fingerprint density at radius 2 is 2.15 bits per heavy atom. The lowest BCUT2D eigenvalue weighted by Crippen LogP contribution is -2.17. The number of amidine groups is 1. The summed E-state index contributed by atoms with van der Waals surface area (Å²) in [6.45, 7) is 1.83. The maximum absolute atomic E-state index is 13.5. The number of hydrogen-bond donors (Lipinski definition) is 3. The van der Waals surface area contributed by atoms with Crippen LogP contribution in [0.1, 0.15) is 21.5 Å². The van der Waals surface area contributed by atoms with Crippen molar-refractivity contribution in [2.45, 2.75) is 6.92 Å². The number of nitrogens with zero attached hydrogens (tertiary/aromatic N) is 1. The number of aryl methyl sites for hydroxylation is 1. The van der Waals surface area contributed by atoms with Crippen molar-refractivity contribution in [1.29, 1.82) is 0 Å². The molecule has 104 valence electrons. The highest BCUT2D eigenvalue weighted by Gasteiger charge is 2.13. The molecule has 1 heterocycles. The number of oxime groups is 1. The molecule has 1 aromatic carbocycles. The second-order valence-electron chi connectivity index (χ2n) is 4.10. The van der Waals surface area contributed by atoms with Crippen LogP contribution in [0.2, 0.25) is 0 Å². The summed E-state index contributed by atoms with van der Waals surface area (Å²) in [6, 6.07) is 3.86. The van der Waals surface area contributed by atoms with Gasteiger partial charge in [-0.3, -0.25) is 4.79 Å². The lowest BCUT2D eigenvalue weighted by Gasteiger charge is -2.07. The molecule has 2 aromatic rings. The van der Waals surface area contributed by atoms with Gasteiger partial charge in [0, 0.05) is 11.1 Å². The number of nitrogens with one attached hydrogen (secondary N) is 1. The molecule has 0 bridgehead atoms. The van der Waals surface area contributed by atoms with Crippen molar-refractivity contribution in [3.05, 3.63) is 51.5 Å². The van der Waals surface area contributed by atoms with Crippen LogP contribution in [0.3, 0.4) is 0 Å². The van der Waals surface area contributed by atoms with E-state index in [4.69, 9.17) is 10.9 Å². The Bertz CT molecular complexity index is 682. The van der Waals surface area contributed by atoms with E-state index in [1.807, 2.05) is 12.3 Å². The van der Waals surface area contributed by atoms with Gasteiger partial charge in [-0.15, -0.1) is 0 Å². The van der Waals surface area contributed by atoms with Crippen LogP contribution >= 0.6 is 11.3 Å². The number of rotatable bonds is 3. The second-order valence-corrected chi connectivity index (χ2v) is 4.85. The Morgan fingerprint density at radius 1 is 1.40 bits per heavy atom. The third-order valence-electron chi connectivity index (χ3n) is 2.71. The average molecular weight is 293 g/mol. The summed E-state index contributed by atoms with van der Waals surface area (Å²) < 4.78 is 13.5. The van der Waals surface area contributed by atoms with Crippen molar-refractivity contribution >= 4 is 28.8 Å². The van der Waals surface area contributed by atoms with E-state index >= 15 is 0 Å². The molecule has 1 amide bonds. The average Bonchev–Trinajstić information content (AvgIpc) is 2.86. The van der Waals surface area contributed by atoms with Gasteiger partial charge in [0.1, 0.15) is 5.82 Å². The van der Waals surface area contributed by atoms with E-state index in [2.05, 4.69) is 10.5 Å². The lowest BCUT2D eigenvalue weighted by molar-refractivity contribution is 0.102. The summed E-state index contributed by atoms with van der Waals surface area (Å²) in [6.07, 6.45) is 0. The number of thiophene rings is 1. The molecule has 0 saturated carbocycles.